The van der Waals surface area contributed by atoms with E-state index in [9.17, 15) is 0 Å². The molecule has 3 nitrogen and oxygen atoms in total. The van der Waals surface area contributed by atoms with Crippen molar-refractivity contribution in [2.45, 2.75) is 26.3 Å². The Morgan fingerprint density at radius 1 is 1.44 bits per heavy atom. The monoisotopic (exact) mass is 264 g/mol. The SMILES string of the molecule is COc1ccc(CC(C)N)c2c(Cl)cc(C)nc12. The van der Waals surface area contributed by atoms with Crippen LogP contribution in [0.3, 0.4) is 0 Å². The van der Waals surface area contributed by atoms with Gasteiger partial charge in [0.05, 0.1) is 12.1 Å². The van der Waals surface area contributed by atoms with Gasteiger partial charge in [0, 0.05) is 17.1 Å². The second kappa shape index (κ2) is 5.12. The summed E-state index contributed by atoms with van der Waals surface area (Å²) < 4.78 is 5.35. The maximum absolute atomic E-state index is 6.34. The minimum Gasteiger partial charge on any atom is -0.494 e. The normalized spacial score (nSPS) is 12.7. The highest BCUT2D eigenvalue weighted by Crippen LogP contribution is 2.33. The fourth-order valence-corrected chi connectivity index (χ4v) is 2.51. The van der Waals surface area contributed by atoms with E-state index in [1.165, 1.54) is 0 Å². The Morgan fingerprint density at radius 2 is 2.17 bits per heavy atom. The lowest BCUT2D eigenvalue weighted by atomic mass is 10.0. The average molecular weight is 265 g/mol. The Balaban J connectivity index is 2.75. The third-order valence-electron chi connectivity index (χ3n) is 2.85. The Bertz CT molecular complexity index is 582. The zero-order valence-electron chi connectivity index (χ0n) is 10.8. The highest BCUT2D eigenvalue weighted by atomic mass is 35.5. The van der Waals surface area contributed by atoms with Crippen molar-refractivity contribution in [1.29, 1.82) is 0 Å². The van der Waals surface area contributed by atoms with E-state index in [0.29, 0.717) is 5.02 Å². The molecule has 18 heavy (non-hydrogen) atoms. The molecule has 4 heteroatoms. The molecule has 0 aliphatic rings. The van der Waals surface area contributed by atoms with Crippen molar-refractivity contribution >= 4 is 22.5 Å². The van der Waals surface area contributed by atoms with Gasteiger partial charge in [-0.2, -0.15) is 0 Å². The summed E-state index contributed by atoms with van der Waals surface area (Å²) >= 11 is 6.34. The van der Waals surface area contributed by atoms with Crippen LogP contribution in [0.4, 0.5) is 0 Å². The summed E-state index contributed by atoms with van der Waals surface area (Å²) in [5.41, 5.74) is 8.67. The Kier molecular flexibility index (Phi) is 3.73. The molecule has 2 rings (SSSR count). The molecule has 1 aromatic carbocycles. The van der Waals surface area contributed by atoms with Gasteiger partial charge in [0.2, 0.25) is 0 Å². The van der Waals surface area contributed by atoms with Crippen LogP contribution < -0.4 is 10.5 Å². The predicted molar refractivity (Wildman–Crippen MR) is 75.4 cm³/mol. The number of methoxy groups -OCH3 is 1. The summed E-state index contributed by atoms with van der Waals surface area (Å²) in [6.07, 6.45) is 0.769. The first kappa shape index (κ1) is 13.1. The smallest absolute Gasteiger partial charge is 0.145 e. The lowest BCUT2D eigenvalue weighted by Gasteiger charge is -2.13. The minimum absolute atomic E-state index is 0.0824. The summed E-state index contributed by atoms with van der Waals surface area (Å²) in [6.45, 7) is 3.90. The minimum atomic E-state index is 0.0824. The van der Waals surface area contributed by atoms with Crippen LogP contribution in [-0.2, 0) is 6.42 Å². The zero-order chi connectivity index (χ0) is 13.3. The molecular weight excluding hydrogens is 248 g/mol. The molecule has 0 aliphatic carbocycles. The van der Waals surface area contributed by atoms with Crippen molar-refractivity contribution in [2.24, 2.45) is 5.73 Å². The summed E-state index contributed by atoms with van der Waals surface area (Å²) in [7, 11) is 1.64. The largest absolute Gasteiger partial charge is 0.494 e. The number of rotatable bonds is 3. The number of fused-ring (bicyclic) bond motifs is 1. The molecule has 0 radical (unpaired) electrons. The summed E-state index contributed by atoms with van der Waals surface area (Å²) in [5.74, 6) is 0.740. The molecule has 1 aromatic heterocycles. The van der Waals surface area contributed by atoms with Gasteiger partial charge >= 0.3 is 0 Å². The lowest BCUT2D eigenvalue weighted by molar-refractivity contribution is 0.418. The molecule has 0 saturated heterocycles. The number of pyridine rings is 1. The molecule has 0 bridgehead atoms. The quantitative estimate of drug-likeness (QED) is 0.927. The number of ether oxygens (including phenoxy) is 1. The van der Waals surface area contributed by atoms with Gasteiger partial charge in [-0.3, -0.25) is 0 Å². The van der Waals surface area contributed by atoms with E-state index in [-0.39, 0.29) is 6.04 Å². The molecule has 96 valence electrons. The predicted octanol–water partition coefficient (Wildman–Crippen LogP) is 3.09. The van der Waals surface area contributed by atoms with Crippen molar-refractivity contribution in [3.63, 3.8) is 0 Å². The molecule has 2 N–H and O–H groups in total. The van der Waals surface area contributed by atoms with Gasteiger partial charge in [-0.05, 0) is 38.0 Å². The van der Waals surface area contributed by atoms with Crippen LogP contribution in [-0.4, -0.2) is 18.1 Å². The van der Waals surface area contributed by atoms with Crippen LogP contribution >= 0.6 is 11.6 Å². The second-order valence-electron chi connectivity index (χ2n) is 4.58. The molecule has 1 unspecified atom stereocenters. The van der Waals surface area contributed by atoms with E-state index >= 15 is 0 Å². The van der Waals surface area contributed by atoms with E-state index in [0.717, 1.165) is 34.3 Å². The molecule has 2 aromatic rings. The molecule has 0 aliphatic heterocycles. The fraction of sp³-hybridized carbons (Fsp3) is 0.357. The van der Waals surface area contributed by atoms with Crippen molar-refractivity contribution < 1.29 is 4.74 Å². The van der Waals surface area contributed by atoms with Gasteiger partial charge in [-0.15, -0.1) is 0 Å². The molecular formula is C14H17ClN2O. The van der Waals surface area contributed by atoms with Crippen LogP contribution in [0.5, 0.6) is 5.75 Å². The first-order valence-corrected chi connectivity index (χ1v) is 6.29. The van der Waals surface area contributed by atoms with E-state index in [2.05, 4.69) is 4.98 Å². The second-order valence-corrected chi connectivity index (χ2v) is 4.98. The zero-order valence-corrected chi connectivity index (χ0v) is 11.6. The molecule has 0 spiro atoms. The van der Waals surface area contributed by atoms with E-state index in [4.69, 9.17) is 22.1 Å². The topological polar surface area (TPSA) is 48.1 Å². The Hall–Kier alpha value is -1.32. The third-order valence-corrected chi connectivity index (χ3v) is 3.15. The van der Waals surface area contributed by atoms with Crippen molar-refractivity contribution in [2.75, 3.05) is 7.11 Å². The molecule has 0 saturated carbocycles. The van der Waals surface area contributed by atoms with Crippen LogP contribution in [0.2, 0.25) is 5.02 Å². The number of nitrogens with two attached hydrogens (primary N) is 1. The first-order valence-electron chi connectivity index (χ1n) is 5.91. The number of nitrogens with zero attached hydrogens (tertiary/aromatic N) is 1. The number of hydrogen-bond acceptors (Lipinski definition) is 3. The van der Waals surface area contributed by atoms with E-state index < -0.39 is 0 Å². The highest BCUT2D eigenvalue weighted by molar-refractivity contribution is 6.35. The van der Waals surface area contributed by atoms with Crippen LogP contribution in [0, 0.1) is 6.92 Å². The van der Waals surface area contributed by atoms with Gasteiger partial charge in [-0.1, -0.05) is 17.7 Å². The molecule has 0 amide bonds. The van der Waals surface area contributed by atoms with Crippen LogP contribution in [0.15, 0.2) is 18.2 Å². The summed E-state index contributed by atoms with van der Waals surface area (Å²) in [5, 5.41) is 1.64. The van der Waals surface area contributed by atoms with Gasteiger partial charge in [-0.25, -0.2) is 4.98 Å². The molecule has 1 atom stereocenters. The van der Waals surface area contributed by atoms with Crippen LogP contribution in [0.25, 0.3) is 10.9 Å². The summed E-state index contributed by atoms with van der Waals surface area (Å²) in [4.78, 5) is 4.52. The number of hydrogen-bond donors (Lipinski definition) is 1. The Morgan fingerprint density at radius 3 is 2.78 bits per heavy atom. The molecule has 1 heterocycles. The lowest BCUT2D eigenvalue weighted by Crippen LogP contribution is -2.18. The average Bonchev–Trinajstić information content (AvgIpc) is 2.27. The van der Waals surface area contributed by atoms with Gasteiger partial charge < -0.3 is 10.5 Å². The molecule has 0 fully saturated rings. The maximum Gasteiger partial charge on any atom is 0.145 e. The Labute approximate surface area is 112 Å². The highest BCUT2D eigenvalue weighted by Gasteiger charge is 2.13. The van der Waals surface area contributed by atoms with Gasteiger partial charge in [0.1, 0.15) is 11.3 Å². The van der Waals surface area contributed by atoms with Crippen molar-refractivity contribution in [3.8, 4) is 5.75 Å². The number of halogens is 1. The van der Waals surface area contributed by atoms with Gasteiger partial charge in [0.25, 0.3) is 0 Å². The van der Waals surface area contributed by atoms with E-state index in [1.807, 2.05) is 32.0 Å². The summed E-state index contributed by atoms with van der Waals surface area (Å²) in [6, 6.07) is 5.88. The number of aromatic nitrogens is 1. The standard InChI is InChI=1S/C14H17ClN2O/c1-8(16)6-10-4-5-12(18-3)14-13(10)11(15)7-9(2)17-14/h4-5,7-8H,6,16H2,1-3H3. The van der Waals surface area contributed by atoms with Crippen molar-refractivity contribution in [3.05, 3.63) is 34.5 Å². The third kappa shape index (κ3) is 2.42. The van der Waals surface area contributed by atoms with E-state index in [1.54, 1.807) is 7.11 Å². The fourth-order valence-electron chi connectivity index (χ4n) is 2.14. The number of aryl methyl sites for hydroxylation is 1. The van der Waals surface area contributed by atoms with Crippen LogP contribution in [0.1, 0.15) is 18.2 Å². The number of benzene rings is 1. The maximum atomic E-state index is 6.34. The van der Waals surface area contributed by atoms with Gasteiger partial charge in [0.15, 0.2) is 0 Å². The first-order chi connectivity index (χ1) is 8.52. The van der Waals surface area contributed by atoms with Crippen molar-refractivity contribution in [1.82, 2.24) is 4.98 Å².